The molecule has 0 spiro atoms. The van der Waals surface area contributed by atoms with Gasteiger partial charge in [-0.1, -0.05) is 23.7 Å². The molecule has 8 nitrogen and oxygen atoms in total. The second-order valence-electron chi connectivity index (χ2n) is 6.66. The molecular formula is C19H21ClN4O4. The summed E-state index contributed by atoms with van der Waals surface area (Å²) >= 11 is 5.92. The maximum atomic E-state index is 11.6. The van der Waals surface area contributed by atoms with Gasteiger partial charge < -0.3 is 10.1 Å². The fraction of sp³-hybridized carbons (Fsp3) is 0.368. The number of esters is 1. The number of piperidine rings is 1. The van der Waals surface area contributed by atoms with E-state index in [9.17, 15) is 14.9 Å². The van der Waals surface area contributed by atoms with Gasteiger partial charge >= 0.3 is 11.7 Å². The number of halogens is 1. The van der Waals surface area contributed by atoms with Gasteiger partial charge in [0.1, 0.15) is 0 Å². The maximum absolute atomic E-state index is 11.6. The average Bonchev–Trinajstić information content (AvgIpc) is 2.70. The number of nitrogens with one attached hydrogen (secondary N) is 1. The Morgan fingerprint density at radius 2 is 2.04 bits per heavy atom. The highest BCUT2D eigenvalue weighted by Crippen LogP contribution is 2.26. The number of nitro groups is 1. The molecule has 1 N–H and O–H groups in total. The summed E-state index contributed by atoms with van der Waals surface area (Å²) in [5, 5.41) is 15.2. The summed E-state index contributed by atoms with van der Waals surface area (Å²) in [6, 6.07) is 9.07. The van der Waals surface area contributed by atoms with Crippen molar-refractivity contribution in [1.82, 2.24) is 9.88 Å². The molecule has 1 aromatic heterocycles. The smallest absolute Gasteiger partial charge is 0.339 e. The average molecular weight is 405 g/mol. The van der Waals surface area contributed by atoms with E-state index in [-0.39, 0.29) is 23.1 Å². The molecule has 0 atom stereocenters. The zero-order chi connectivity index (χ0) is 20.1. The molecule has 0 amide bonds. The minimum absolute atomic E-state index is 0.0533. The number of nitrogens with zero attached hydrogens (tertiary/aromatic N) is 3. The summed E-state index contributed by atoms with van der Waals surface area (Å²) in [5.74, 6) is -0.480. The zero-order valence-electron chi connectivity index (χ0n) is 15.4. The number of carbonyl (C=O) groups is 1. The van der Waals surface area contributed by atoms with Crippen LogP contribution in [0.25, 0.3) is 0 Å². The monoisotopic (exact) mass is 404 g/mol. The fourth-order valence-electron chi connectivity index (χ4n) is 3.21. The van der Waals surface area contributed by atoms with Crippen molar-refractivity contribution in [3.63, 3.8) is 0 Å². The molecule has 1 fully saturated rings. The van der Waals surface area contributed by atoms with E-state index in [2.05, 4.69) is 19.9 Å². The van der Waals surface area contributed by atoms with Gasteiger partial charge in [0, 0.05) is 43.0 Å². The molecule has 2 aromatic rings. The predicted molar refractivity (Wildman–Crippen MR) is 106 cm³/mol. The number of aromatic nitrogens is 1. The summed E-state index contributed by atoms with van der Waals surface area (Å²) in [4.78, 5) is 28.8. The van der Waals surface area contributed by atoms with Crippen LogP contribution in [0.15, 0.2) is 36.5 Å². The topological polar surface area (TPSA) is 97.6 Å². The SMILES string of the molecule is COC(=O)c1cnc(NC2CCN(Cc3ccc(Cl)cc3)CC2)c([N+](=O)[O-])c1. The largest absolute Gasteiger partial charge is 0.465 e. The van der Waals surface area contributed by atoms with Gasteiger partial charge in [-0.2, -0.15) is 0 Å². The Balaban J connectivity index is 1.60. The minimum atomic E-state index is -0.655. The lowest BCUT2D eigenvalue weighted by Gasteiger charge is -2.32. The third kappa shape index (κ3) is 4.96. The van der Waals surface area contributed by atoms with Crippen LogP contribution in [0, 0.1) is 10.1 Å². The van der Waals surface area contributed by atoms with Gasteiger partial charge in [0.2, 0.25) is 5.82 Å². The Labute approximate surface area is 167 Å². The molecule has 0 radical (unpaired) electrons. The van der Waals surface area contributed by atoms with Crippen LogP contribution in [0.3, 0.4) is 0 Å². The first kappa shape index (κ1) is 20.0. The Bertz CT molecular complexity index is 852. The number of ether oxygens (including phenoxy) is 1. The number of benzene rings is 1. The van der Waals surface area contributed by atoms with Gasteiger partial charge in [-0.15, -0.1) is 0 Å². The van der Waals surface area contributed by atoms with E-state index in [1.165, 1.54) is 24.9 Å². The van der Waals surface area contributed by atoms with Crippen LogP contribution >= 0.6 is 11.6 Å². The molecule has 0 unspecified atom stereocenters. The van der Waals surface area contributed by atoms with Gasteiger partial charge in [-0.05, 0) is 30.5 Å². The van der Waals surface area contributed by atoms with Crippen LogP contribution in [0.4, 0.5) is 11.5 Å². The number of likely N-dealkylation sites (tertiary alicyclic amines) is 1. The van der Waals surface area contributed by atoms with Crippen molar-refractivity contribution in [3.05, 3.63) is 62.8 Å². The van der Waals surface area contributed by atoms with Crippen LogP contribution in [0.1, 0.15) is 28.8 Å². The second-order valence-corrected chi connectivity index (χ2v) is 7.10. The molecule has 1 saturated heterocycles. The lowest BCUT2D eigenvalue weighted by molar-refractivity contribution is -0.384. The summed E-state index contributed by atoms with van der Waals surface area (Å²) in [6.07, 6.45) is 2.97. The number of hydrogen-bond donors (Lipinski definition) is 1. The predicted octanol–water partition coefficient (Wildman–Crippen LogP) is 3.51. The van der Waals surface area contributed by atoms with Crippen LogP contribution in [-0.4, -0.2) is 47.0 Å². The van der Waals surface area contributed by atoms with Gasteiger partial charge in [-0.3, -0.25) is 15.0 Å². The van der Waals surface area contributed by atoms with Gasteiger partial charge in [-0.25, -0.2) is 9.78 Å². The third-order valence-electron chi connectivity index (χ3n) is 4.73. The molecule has 0 saturated carbocycles. The van der Waals surface area contributed by atoms with Crippen molar-refractivity contribution in [3.8, 4) is 0 Å². The van der Waals surface area contributed by atoms with E-state index in [4.69, 9.17) is 11.6 Å². The minimum Gasteiger partial charge on any atom is -0.465 e. The number of rotatable bonds is 6. The summed E-state index contributed by atoms with van der Waals surface area (Å²) in [7, 11) is 1.22. The molecule has 1 aromatic carbocycles. The zero-order valence-corrected chi connectivity index (χ0v) is 16.2. The first-order valence-electron chi connectivity index (χ1n) is 8.92. The maximum Gasteiger partial charge on any atom is 0.339 e. The molecule has 2 heterocycles. The van der Waals surface area contributed by atoms with Crippen LogP contribution in [0.5, 0.6) is 0 Å². The first-order chi connectivity index (χ1) is 13.5. The van der Waals surface area contributed by atoms with E-state index in [0.29, 0.717) is 0 Å². The third-order valence-corrected chi connectivity index (χ3v) is 4.99. The van der Waals surface area contributed by atoms with E-state index in [1.54, 1.807) is 0 Å². The van der Waals surface area contributed by atoms with E-state index in [1.807, 2.05) is 24.3 Å². The molecular weight excluding hydrogens is 384 g/mol. The van der Waals surface area contributed by atoms with Crippen molar-refractivity contribution < 1.29 is 14.5 Å². The summed E-state index contributed by atoms with van der Waals surface area (Å²) in [6.45, 7) is 2.58. The van der Waals surface area contributed by atoms with E-state index < -0.39 is 10.9 Å². The molecule has 9 heteroatoms. The highest BCUT2D eigenvalue weighted by molar-refractivity contribution is 6.30. The van der Waals surface area contributed by atoms with Crippen molar-refractivity contribution in [2.45, 2.75) is 25.4 Å². The lowest BCUT2D eigenvalue weighted by Crippen LogP contribution is -2.38. The summed E-state index contributed by atoms with van der Waals surface area (Å²) < 4.78 is 4.59. The number of hydrogen-bond acceptors (Lipinski definition) is 7. The Morgan fingerprint density at radius 3 is 2.64 bits per heavy atom. The fourth-order valence-corrected chi connectivity index (χ4v) is 3.34. The Kier molecular flexibility index (Phi) is 6.43. The summed E-state index contributed by atoms with van der Waals surface area (Å²) in [5.41, 5.74) is 1.02. The van der Waals surface area contributed by atoms with Crippen LogP contribution in [-0.2, 0) is 11.3 Å². The number of anilines is 1. The number of methoxy groups -OCH3 is 1. The quantitative estimate of drug-likeness (QED) is 0.447. The lowest BCUT2D eigenvalue weighted by atomic mass is 10.0. The Hall–Kier alpha value is -2.71. The van der Waals surface area contributed by atoms with Crippen LogP contribution < -0.4 is 5.32 Å². The molecule has 3 rings (SSSR count). The second kappa shape index (κ2) is 8.99. The van der Waals surface area contributed by atoms with Crippen molar-refractivity contribution in [2.75, 3.05) is 25.5 Å². The highest BCUT2D eigenvalue weighted by Gasteiger charge is 2.24. The number of carbonyl (C=O) groups excluding carboxylic acids is 1. The standard InChI is InChI=1S/C19H21ClN4O4/c1-28-19(25)14-10-17(24(26)27)18(21-11-14)22-16-6-8-23(9-7-16)12-13-2-4-15(20)5-3-13/h2-5,10-11,16H,6-9,12H2,1H3,(H,21,22). The highest BCUT2D eigenvalue weighted by atomic mass is 35.5. The molecule has 28 heavy (non-hydrogen) atoms. The molecule has 148 valence electrons. The first-order valence-corrected chi connectivity index (χ1v) is 9.30. The van der Waals surface area contributed by atoms with Crippen molar-refractivity contribution in [1.29, 1.82) is 0 Å². The molecule has 1 aliphatic rings. The number of pyridine rings is 1. The van der Waals surface area contributed by atoms with Gasteiger partial charge in [0.25, 0.3) is 0 Å². The van der Waals surface area contributed by atoms with Crippen molar-refractivity contribution in [2.24, 2.45) is 0 Å². The normalized spacial score (nSPS) is 15.2. The molecule has 0 aliphatic carbocycles. The van der Waals surface area contributed by atoms with Crippen molar-refractivity contribution >= 4 is 29.1 Å². The van der Waals surface area contributed by atoms with E-state index >= 15 is 0 Å². The van der Waals surface area contributed by atoms with Crippen LogP contribution in [0.2, 0.25) is 5.02 Å². The molecule has 1 aliphatic heterocycles. The molecule has 0 bridgehead atoms. The van der Waals surface area contributed by atoms with E-state index in [0.717, 1.165) is 37.5 Å². The van der Waals surface area contributed by atoms with Gasteiger partial charge in [0.15, 0.2) is 0 Å². The Morgan fingerprint density at radius 1 is 1.36 bits per heavy atom. The van der Waals surface area contributed by atoms with Gasteiger partial charge in [0.05, 0.1) is 17.6 Å².